The van der Waals surface area contributed by atoms with Gasteiger partial charge in [-0.3, -0.25) is 19.7 Å². The Morgan fingerprint density at radius 2 is 1.55 bits per heavy atom. The molecule has 0 spiro atoms. The number of anilines is 2. The smallest absolute Gasteiger partial charge is 0.314 e. The number of amides is 2. The van der Waals surface area contributed by atoms with Crippen molar-refractivity contribution >= 4 is 28.9 Å². The molecule has 0 aliphatic carbocycles. The molecule has 0 saturated carbocycles. The van der Waals surface area contributed by atoms with Crippen molar-refractivity contribution < 1.29 is 18.9 Å². The van der Waals surface area contributed by atoms with Crippen LogP contribution in [0.5, 0.6) is 0 Å². The molecule has 0 aliphatic heterocycles. The predicted molar refractivity (Wildman–Crippen MR) is 76.8 cm³/mol. The van der Waals surface area contributed by atoms with Crippen LogP contribution in [0.3, 0.4) is 0 Å². The number of carbonyl (C=O) groups excluding carboxylic acids is 2. The van der Waals surface area contributed by atoms with Gasteiger partial charge in [0.05, 0.1) is 4.92 Å². The van der Waals surface area contributed by atoms with Crippen LogP contribution in [-0.2, 0) is 9.59 Å². The summed E-state index contributed by atoms with van der Waals surface area (Å²) in [4.78, 5) is 33.4. The lowest BCUT2D eigenvalue weighted by molar-refractivity contribution is -0.384. The maximum Gasteiger partial charge on any atom is 0.314 e. The molecule has 112 valence electrons. The van der Waals surface area contributed by atoms with Gasteiger partial charge in [0, 0.05) is 23.5 Å². The number of halogens is 1. The largest absolute Gasteiger partial charge is 0.318 e. The summed E-state index contributed by atoms with van der Waals surface area (Å²) in [7, 11) is 0. The lowest BCUT2D eigenvalue weighted by Gasteiger charge is -2.06. The summed E-state index contributed by atoms with van der Waals surface area (Å²) in [6.45, 7) is 0. The van der Waals surface area contributed by atoms with E-state index in [1.165, 1.54) is 30.3 Å². The van der Waals surface area contributed by atoms with Crippen molar-refractivity contribution in [2.75, 3.05) is 10.6 Å². The van der Waals surface area contributed by atoms with E-state index in [4.69, 9.17) is 0 Å². The first-order valence-corrected chi connectivity index (χ1v) is 6.08. The van der Waals surface area contributed by atoms with Crippen molar-refractivity contribution in [2.24, 2.45) is 0 Å². The molecule has 0 heterocycles. The number of nitrogens with zero attached hydrogens (tertiary/aromatic N) is 1. The van der Waals surface area contributed by atoms with E-state index in [2.05, 4.69) is 10.6 Å². The summed E-state index contributed by atoms with van der Waals surface area (Å²) in [5.74, 6) is -2.44. The normalized spacial score (nSPS) is 9.86. The second-order valence-electron chi connectivity index (χ2n) is 4.22. The maximum atomic E-state index is 12.7. The molecule has 8 heteroatoms. The third-order valence-corrected chi connectivity index (χ3v) is 2.62. The molecule has 0 saturated heterocycles. The third kappa shape index (κ3) is 3.85. The van der Waals surface area contributed by atoms with E-state index in [1.54, 1.807) is 0 Å². The fourth-order valence-corrected chi connectivity index (χ4v) is 1.61. The zero-order valence-electron chi connectivity index (χ0n) is 11.1. The number of non-ortho nitro benzene ring substituents is 1. The van der Waals surface area contributed by atoms with Crippen LogP contribution in [0.15, 0.2) is 48.5 Å². The van der Waals surface area contributed by atoms with Crippen LogP contribution in [0.4, 0.5) is 21.5 Å². The molecule has 0 aromatic heterocycles. The van der Waals surface area contributed by atoms with Crippen LogP contribution in [0.2, 0.25) is 0 Å². The maximum absolute atomic E-state index is 12.7. The Hall–Kier alpha value is -3.29. The van der Waals surface area contributed by atoms with Crippen molar-refractivity contribution in [3.8, 4) is 0 Å². The third-order valence-electron chi connectivity index (χ3n) is 2.62. The van der Waals surface area contributed by atoms with Gasteiger partial charge in [0.2, 0.25) is 0 Å². The molecule has 2 aromatic carbocycles. The average Bonchev–Trinajstić information content (AvgIpc) is 2.49. The lowest BCUT2D eigenvalue weighted by atomic mass is 10.2. The average molecular weight is 303 g/mol. The minimum atomic E-state index is -0.996. The molecule has 0 radical (unpaired) electrons. The van der Waals surface area contributed by atoms with Crippen molar-refractivity contribution in [3.63, 3.8) is 0 Å². The number of nitrogens with one attached hydrogen (secondary N) is 2. The van der Waals surface area contributed by atoms with Gasteiger partial charge in [0.25, 0.3) is 5.69 Å². The summed E-state index contributed by atoms with van der Waals surface area (Å²) in [6, 6.07) is 10.0. The second-order valence-corrected chi connectivity index (χ2v) is 4.22. The van der Waals surface area contributed by atoms with E-state index >= 15 is 0 Å². The number of hydrogen-bond donors (Lipinski definition) is 2. The molecule has 0 atom stereocenters. The van der Waals surface area contributed by atoms with Crippen LogP contribution >= 0.6 is 0 Å². The summed E-state index contributed by atoms with van der Waals surface area (Å²) in [5.41, 5.74) is 0.158. The molecule has 0 aliphatic rings. The van der Waals surface area contributed by atoms with E-state index in [0.29, 0.717) is 0 Å². The van der Waals surface area contributed by atoms with Crippen molar-refractivity contribution in [1.82, 2.24) is 0 Å². The first-order valence-electron chi connectivity index (χ1n) is 6.08. The molecular formula is C14H10FN3O4. The van der Waals surface area contributed by atoms with E-state index < -0.39 is 22.6 Å². The number of benzene rings is 2. The topological polar surface area (TPSA) is 101 Å². The Balaban J connectivity index is 2.02. The van der Waals surface area contributed by atoms with E-state index in [1.807, 2.05) is 0 Å². The highest BCUT2D eigenvalue weighted by atomic mass is 19.1. The molecule has 7 nitrogen and oxygen atoms in total. The van der Waals surface area contributed by atoms with Gasteiger partial charge >= 0.3 is 11.8 Å². The van der Waals surface area contributed by atoms with E-state index in [0.717, 1.165) is 18.2 Å². The van der Waals surface area contributed by atoms with Crippen LogP contribution in [-0.4, -0.2) is 16.7 Å². The molecule has 2 aromatic rings. The summed E-state index contributed by atoms with van der Waals surface area (Å²) in [5, 5.41) is 15.1. The fraction of sp³-hybridized carbons (Fsp3) is 0. The van der Waals surface area contributed by atoms with E-state index in [-0.39, 0.29) is 17.1 Å². The van der Waals surface area contributed by atoms with E-state index in [9.17, 15) is 24.1 Å². The van der Waals surface area contributed by atoms with Gasteiger partial charge in [0.1, 0.15) is 5.82 Å². The highest BCUT2D eigenvalue weighted by Crippen LogP contribution is 2.17. The Kier molecular flexibility index (Phi) is 4.42. The second kappa shape index (κ2) is 6.44. The van der Waals surface area contributed by atoms with Gasteiger partial charge in [0.15, 0.2) is 0 Å². The molecule has 2 N–H and O–H groups in total. The molecule has 0 fully saturated rings. The first-order chi connectivity index (χ1) is 10.5. The number of hydrogen-bond acceptors (Lipinski definition) is 4. The van der Waals surface area contributed by atoms with Crippen LogP contribution in [0, 0.1) is 15.9 Å². The zero-order valence-corrected chi connectivity index (χ0v) is 11.1. The van der Waals surface area contributed by atoms with Gasteiger partial charge in [-0.15, -0.1) is 0 Å². The quantitative estimate of drug-likeness (QED) is 0.516. The molecule has 22 heavy (non-hydrogen) atoms. The van der Waals surface area contributed by atoms with Crippen LogP contribution < -0.4 is 10.6 Å². The number of rotatable bonds is 3. The SMILES string of the molecule is O=C(Nc1ccc(F)cc1)C(=O)Nc1cccc([N+](=O)[O-])c1. The monoisotopic (exact) mass is 303 g/mol. The number of nitro groups is 1. The predicted octanol–water partition coefficient (Wildman–Crippen LogP) is 2.31. The van der Waals surface area contributed by atoms with Crippen LogP contribution in [0.1, 0.15) is 0 Å². The molecule has 0 unspecified atom stereocenters. The first kappa shape index (κ1) is 15.1. The molecule has 2 rings (SSSR count). The zero-order chi connectivity index (χ0) is 16.1. The standard InChI is InChI=1S/C14H10FN3O4/c15-9-4-6-10(7-5-9)16-13(19)14(20)17-11-2-1-3-12(8-11)18(21)22/h1-8H,(H,16,19)(H,17,20). The Labute approximate surface area is 123 Å². The van der Waals surface area contributed by atoms with Crippen molar-refractivity contribution in [1.29, 1.82) is 0 Å². The summed E-state index contributed by atoms with van der Waals surface area (Å²) >= 11 is 0. The minimum absolute atomic E-state index is 0.119. The molecule has 0 bridgehead atoms. The minimum Gasteiger partial charge on any atom is -0.318 e. The van der Waals surface area contributed by atoms with Gasteiger partial charge in [-0.2, -0.15) is 0 Å². The Morgan fingerprint density at radius 1 is 0.955 bits per heavy atom. The van der Waals surface area contributed by atoms with Gasteiger partial charge in [-0.05, 0) is 30.3 Å². The molecular weight excluding hydrogens is 293 g/mol. The van der Waals surface area contributed by atoms with Gasteiger partial charge in [-0.25, -0.2) is 4.39 Å². The summed E-state index contributed by atoms with van der Waals surface area (Å²) < 4.78 is 12.7. The number of carbonyl (C=O) groups is 2. The number of nitro benzene ring substituents is 1. The Bertz CT molecular complexity index is 731. The lowest BCUT2D eigenvalue weighted by Crippen LogP contribution is -2.29. The summed E-state index contributed by atoms with van der Waals surface area (Å²) in [6.07, 6.45) is 0. The Morgan fingerprint density at radius 3 is 2.14 bits per heavy atom. The van der Waals surface area contributed by atoms with Gasteiger partial charge in [-0.1, -0.05) is 6.07 Å². The fourth-order valence-electron chi connectivity index (χ4n) is 1.61. The van der Waals surface area contributed by atoms with Gasteiger partial charge < -0.3 is 10.6 Å². The van der Waals surface area contributed by atoms with Crippen molar-refractivity contribution in [2.45, 2.75) is 0 Å². The molecule has 2 amide bonds. The van der Waals surface area contributed by atoms with Crippen LogP contribution in [0.25, 0.3) is 0 Å². The highest BCUT2D eigenvalue weighted by Gasteiger charge is 2.15. The van der Waals surface area contributed by atoms with Crippen molar-refractivity contribution in [3.05, 3.63) is 64.5 Å². The highest BCUT2D eigenvalue weighted by molar-refractivity contribution is 6.43.